The molecule has 26 heavy (non-hydrogen) atoms. The van der Waals surface area contributed by atoms with E-state index >= 15 is 0 Å². The van der Waals surface area contributed by atoms with Gasteiger partial charge in [-0.1, -0.05) is 12.1 Å². The number of rotatable bonds is 3. The largest absolute Gasteiger partial charge is 0.324 e. The highest BCUT2D eigenvalue weighted by Crippen LogP contribution is 2.26. The summed E-state index contributed by atoms with van der Waals surface area (Å²) in [5, 5.41) is 12.1. The van der Waals surface area contributed by atoms with Crippen molar-refractivity contribution < 1.29 is 4.79 Å². The number of carbonyl (C=O) groups is 1. The fourth-order valence-corrected chi connectivity index (χ4v) is 3.79. The molecule has 2 aromatic heterocycles. The Hall–Kier alpha value is -2.74. The maximum absolute atomic E-state index is 12.7. The molecular formula is C18H20N6OS. The van der Waals surface area contributed by atoms with Crippen molar-refractivity contribution in [1.82, 2.24) is 25.1 Å². The Bertz CT molecular complexity index is 891. The van der Waals surface area contributed by atoms with Gasteiger partial charge in [-0.3, -0.25) is 5.10 Å². The minimum absolute atomic E-state index is 0.0858. The van der Waals surface area contributed by atoms with Gasteiger partial charge >= 0.3 is 6.03 Å². The number of likely N-dealkylation sites (tertiary alicyclic amines) is 1. The minimum atomic E-state index is -0.0858. The van der Waals surface area contributed by atoms with E-state index in [4.69, 9.17) is 0 Å². The molecule has 1 unspecified atom stereocenters. The van der Waals surface area contributed by atoms with E-state index in [1.54, 1.807) is 16.8 Å². The van der Waals surface area contributed by atoms with Crippen LogP contribution < -0.4 is 5.32 Å². The third-order valence-electron chi connectivity index (χ3n) is 4.53. The predicted molar refractivity (Wildman–Crippen MR) is 101 cm³/mol. The zero-order chi connectivity index (χ0) is 17.9. The summed E-state index contributed by atoms with van der Waals surface area (Å²) < 4.78 is 0. The molecule has 1 fully saturated rings. The number of hydrogen-bond acceptors (Lipinski definition) is 5. The van der Waals surface area contributed by atoms with Crippen LogP contribution in [0.3, 0.4) is 0 Å². The molecule has 134 valence electrons. The standard InChI is InChI=1S/C18H20N6OS/c1-12-20-17(23-22-12)14-5-3-7-24(9-14)18(25)21-15-6-2-4-13(8-15)16-10-26-11-19-16/h2,4,6,8,10-11,14H,3,5,7,9H2,1H3,(H,21,25)(H,20,22,23). The van der Waals surface area contributed by atoms with Gasteiger partial charge < -0.3 is 10.2 Å². The maximum atomic E-state index is 12.7. The number of thiazole rings is 1. The van der Waals surface area contributed by atoms with Crippen molar-refractivity contribution in [2.75, 3.05) is 18.4 Å². The van der Waals surface area contributed by atoms with Crippen LogP contribution in [-0.2, 0) is 0 Å². The lowest BCUT2D eigenvalue weighted by molar-refractivity contribution is 0.191. The van der Waals surface area contributed by atoms with Gasteiger partial charge in [0, 0.05) is 35.6 Å². The van der Waals surface area contributed by atoms with Gasteiger partial charge in [0.2, 0.25) is 0 Å². The van der Waals surface area contributed by atoms with Crippen LogP contribution in [0.5, 0.6) is 0 Å². The van der Waals surface area contributed by atoms with Gasteiger partial charge in [0.25, 0.3) is 0 Å². The van der Waals surface area contributed by atoms with Crippen LogP contribution in [0.25, 0.3) is 11.3 Å². The maximum Gasteiger partial charge on any atom is 0.321 e. The summed E-state index contributed by atoms with van der Waals surface area (Å²) in [5.41, 5.74) is 4.50. The van der Waals surface area contributed by atoms with Crippen molar-refractivity contribution in [1.29, 1.82) is 0 Å². The summed E-state index contributed by atoms with van der Waals surface area (Å²) in [6.45, 7) is 3.27. The molecule has 1 saturated heterocycles. The average Bonchev–Trinajstić information content (AvgIpc) is 3.34. The molecule has 7 nitrogen and oxygen atoms in total. The number of carbonyl (C=O) groups excluding carboxylic acids is 1. The zero-order valence-corrected chi connectivity index (χ0v) is 15.3. The van der Waals surface area contributed by atoms with E-state index < -0.39 is 0 Å². The van der Waals surface area contributed by atoms with E-state index in [1.807, 2.05) is 41.5 Å². The van der Waals surface area contributed by atoms with Crippen molar-refractivity contribution >= 4 is 23.1 Å². The Labute approximate surface area is 155 Å². The number of nitrogens with one attached hydrogen (secondary N) is 2. The molecule has 0 saturated carbocycles. The van der Waals surface area contributed by atoms with E-state index in [2.05, 4.69) is 25.5 Å². The quantitative estimate of drug-likeness (QED) is 0.739. The molecule has 3 heterocycles. The third-order valence-corrected chi connectivity index (χ3v) is 5.12. The average molecular weight is 368 g/mol. The molecule has 1 aromatic carbocycles. The molecule has 4 rings (SSSR count). The molecule has 1 aliphatic rings. The Morgan fingerprint density at radius 1 is 1.42 bits per heavy atom. The van der Waals surface area contributed by atoms with Crippen molar-refractivity contribution in [3.05, 3.63) is 46.8 Å². The number of anilines is 1. The summed E-state index contributed by atoms with van der Waals surface area (Å²) in [4.78, 5) is 23.3. The van der Waals surface area contributed by atoms with E-state index in [0.717, 1.165) is 48.0 Å². The lowest BCUT2D eigenvalue weighted by Gasteiger charge is -2.31. The number of urea groups is 1. The molecule has 0 spiro atoms. The van der Waals surface area contributed by atoms with E-state index in [1.165, 1.54) is 0 Å². The van der Waals surface area contributed by atoms with Crippen LogP contribution in [-0.4, -0.2) is 44.2 Å². The van der Waals surface area contributed by atoms with Crippen LogP contribution in [0.2, 0.25) is 0 Å². The molecule has 0 aliphatic carbocycles. The first-order chi connectivity index (χ1) is 12.7. The number of nitrogens with zero attached hydrogens (tertiary/aromatic N) is 4. The van der Waals surface area contributed by atoms with Crippen LogP contribution in [0.15, 0.2) is 35.2 Å². The first kappa shape index (κ1) is 16.7. The summed E-state index contributed by atoms with van der Waals surface area (Å²) in [6, 6.07) is 7.69. The number of amides is 2. The molecule has 2 amide bonds. The fourth-order valence-electron chi connectivity index (χ4n) is 3.23. The second-order valence-corrected chi connectivity index (χ2v) is 7.17. The Morgan fingerprint density at radius 3 is 3.12 bits per heavy atom. The first-order valence-electron chi connectivity index (χ1n) is 8.62. The number of aryl methyl sites for hydroxylation is 1. The molecular weight excluding hydrogens is 348 g/mol. The highest BCUT2D eigenvalue weighted by Gasteiger charge is 2.27. The normalized spacial score (nSPS) is 17.3. The third kappa shape index (κ3) is 3.60. The summed E-state index contributed by atoms with van der Waals surface area (Å²) in [7, 11) is 0. The monoisotopic (exact) mass is 368 g/mol. The van der Waals surface area contributed by atoms with Gasteiger partial charge in [-0.15, -0.1) is 11.3 Å². The van der Waals surface area contributed by atoms with Crippen molar-refractivity contribution in [3.63, 3.8) is 0 Å². The molecule has 3 aromatic rings. The van der Waals surface area contributed by atoms with Crippen LogP contribution in [0, 0.1) is 6.92 Å². The summed E-state index contributed by atoms with van der Waals surface area (Å²) in [6.07, 6.45) is 1.95. The van der Waals surface area contributed by atoms with Gasteiger partial charge in [0.1, 0.15) is 5.82 Å². The molecule has 1 atom stereocenters. The van der Waals surface area contributed by atoms with Gasteiger partial charge in [-0.05, 0) is 31.9 Å². The van der Waals surface area contributed by atoms with Crippen molar-refractivity contribution in [2.45, 2.75) is 25.7 Å². The van der Waals surface area contributed by atoms with E-state index in [0.29, 0.717) is 6.54 Å². The number of aromatic amines is 1. The number of H-pyrrole nitrogens is 1. The second-order valence-electron chi connectivity index (χ2n) is 6.45. The van der Waals surface area contributed by atoms with Crippen LogP contribution in [0.4, 0.5) is 10.5 Å². The number of benzene rings is 1. The predicted octanol–water partition coefficient (Wildman–Crippen LogP) is 3.65. The Morgan fingerprint density at radius 2 is 2.35 bits per heavy atom. The Kier molecular flexibility index (Phi) is 4.66. The van der Waals surface area contributed by atoms with E-state index in [-0.39, 0.29) is 11.9 Å². The molecule has 8 heteroatoms. The molecule has 1 aliphatic heterocycles. The number of aromatic nitrogens is 4. The molecule has 0 bridgehead atoms. The van der Waals surface area contributed by atoms with Gasteiger partial charge in [-0.25, -0.2) is 14.8 Å². The van der Waals surface area contributed by atoms with Gasteiger partial charge in [0.15, 0.2) is 5.82 Å². The summed E-state index contributed by atoms with van der Waals surface area (Å²) >= 11 is 1.56. The van der Waals surface area contributed by atoms with Crippen molar-refractivity contribution in [2.24, 2.45) is 0 Å². The van der Waals surface area contributed by atoms with Crippen molar-refractivity contribution in [3.8, 4) is 11.3 Å². The highest BCUT2D eigenvalue weighted by atomic mass is 32.1. The smallest absolute Gasteiger partial charge is 0.321 e. The Balaban J connectivity index is 1.44. The molecule has 2 N–H and O–H groups in total. The fraction of sp³-hybridized carbons (Fsp3) is 0.333. The van der Waals surface area contributed by atoms with E-state index in [9.17, 15) is 4.79 Å². The summed E-state index contributed by atoms with van der Waals surface area (Å²) in [5.74, 6) is 1.78. The number of piperidine rings is 1. The van der Waals surface area contributed by atoms with Crippen LogP contribution in [0.1, 0.15) is 30.4 Å². The zero-order valence-electron chi connectivity index (χ0n) is 14.5. The van der Waals surface area contributed by atoms with Gasteiger partial charge in [-0.2, -0.15) is 5.10 Å². The van der Waals surface area contributed by atoms with Crippen LogP contribution >= 0.6 is 11.3 Å². The highest BCUT2D eigenvalue weighted by molar-refractivity contribution is 7.07. The van der Waals surface area contributed by atoms with Gasteiger partial charge in [0.05, 0.1) is 11.2 Å². The molecule has 0 radical (unpaired) electrons. The minimum Gasteiger partial charge on any atom is -0.324 e. The lowest BCUT2D eigenvalue weighted by Crippen LogP contribution is -2.41. The SMILES string of the molecule is Cc1nc(C2CCCN(C(=O)Nc3cccc(-c4cscn4)c3)C2)n[nH]1. The topological polar surface area (TPSA) is 86.8 Å². The second kappa shape index (κ2) is 7.25. The number of hydrogen-bond donors (Lipinski definition) is 2. The first-order valence-corrected chi connectivity index (χ1v) is 9.57. The lowest BCUT2D eigenvalue weighted by atomic mass is 9.97.